The van der Waals surface area contributed by atoms with E-state index in [1.54, 1.807) is 0 Å². The van der Waals surface area contributed by atoms with Gasteiger partial charge < -0.3 is 29.8 Å². The van der Waals surface area contributed by atoms with Crippen molar-refractivity contribution in [3.05, 3.63) is 12.2 Å². The number of nitrogens with one attached hydrogen (secondary N) is 2. The van der Waals surface area contributed by atoms with E-state index in [1.807, 2.05) is 27.7 Å². The summed E-state index contributed by atoms with van der Waals surface area (Å²) in [6.07, 6.45) is 11.5. The Kier molecular flexibility index (Phi) is 11.5. The Labute approximate surface area is 402 Å². The average molecular weight is 941 g/mol. The molecule has 0 aromatic rings. The van der Waals surface area contributed by atoms with E-state index >= 15 is 9.59 Å². The first kappa shape index (κ1) is 47.9. The predicted octanol–water partition coefficient (Wildman–Crippen LogP) is 7.20. The zero-order valence-electron chi connectivity index (χ0n) is 41.9. The number of ketones is 4. The monoisotopic (exact) mass is 941 g/mol. The fourth-order valence-corrected chi connectivity index (χ4v) is 17.9. The second-order valence-electron chi connectivity index (χ2n) is 25.0. The first-order valence-electron chi connectivity index (χ1n) is 26.3. The molecule has 0 spiro atoms. The molecule has 10 fully saturated rings. The number of Topliss-reactive ketones (excluding diaryl/α,β-unsaturated/α-hetero) is 4. The van der Waals surface area contributed by atoms with E-state index < -0.39 is 55.6 Å². The molecule has 0 aromatic heterocycles. The van der Waals surface area contributed by atoms with Crippen molar-refractivity contribution in [2.45, 2.75) is 182 Å². The summed E-state index contributed by atoms with van der Waals surface area (Å²) in [5, 5.41) is 16.1. The topological polar surface area (TPSA) is 188 Å². The van der Waals surface area contributed by atoms with Crippen LogP contribution in [0.1, 0.15) is 158 Å². The van der Waals surface area contributed by atoms with Crippen molar-refractivity contribution < 1.29 is 47.9 Å². The number of carbonyl (C=O) groups is 6. The number of esters is 2. The number of oxime groups is 2. The molecular weight excluding hydrogens is 865 g/mol. The minimum absolute atomic E-state index is 0.00271. The third-order valence-electron chi connectivity index (χ3n) is 21.6. The quantitative estimate of drug-likeness (QED) is 0.142. The molecule has 2 unspecified atom stereocenters. The lowest BCUT2D eigenvalue weighted by atomic mass is 9.39. The number of nitrogens with zero attached hydrogens (tertiary/aromatic N) is 2. The third kappa shape index (κ3) is 6.51. The van der Waals surface area contributed by atoms with Gasteiger partial charge in [-0.15, -0.1) is 0 Å². The Morgan fingerprint density at radius 3 is 1.28 bits per heavy atom. The van der Waals surface area contributed by atoms with Crippen molar-refractivity contribution in [2.24, 2.45) is 78.3 Å². The van der Waals surface area contributed by atoms with Gasteiger partial charge in [0.2, 0.25) is 0 Å². The summed E-state index contributed by atoms with van der Waals surface area (Å²) in [6.45, 7) is 19.1. The van der Waals surface area contributed by atoms with E-state index in [0.717, 1.165) is 76.6 Å². The Morgan fingerprint density at radius 2 is 0.912 bits per heavy atom. The minimum Gasteiger partial charge on any atom is -0.446 e. The highest BCUT2D eigenvalue weighted by Gasteiger charge is 2.77. The van der Waals surface area contributed by atoms with Gasteiger partial charge in [-0.05, 0) is 113 Å². The predicted molar refractivity (Wildman–Crippen MR) is 252 cm³/mol. The van der Waals surface area contributed by atoms with Gasteiger partial charge in [0, 0.05) is 85.4 Å². The molecule has 68 heavy (non-hydrogen) atoms. The SMILES string of the molecule is CC1(C)/C(=N/O[C@@H]2CCNC2)CC[C@]2(C)[C@@H]3CC[C@]4(C)C(=O)CC[C@H]4[C@@H]3CC(=O)C12OC(=O)/C=C/C(=O)OC12C(=O)C[C@@H]3[C@@H](CC[C@]4(C)C(=O)CC[C@@H]34)[C@@]1(C)CC/C(=N\O[C@@H]1CCNC1)C2(C)C. The van der Waals surface area contributed by atoms with Crippen LogP contribution < -0.4 is 10.6 Å². The Morgan fingerprint density at radius 1 is 0.515 bits per heavy atom. The molecule has 0 radical (unpaired) electrons. The van der Waals surface area contributed by atoms with Crippen LogP contribution in [0.4, 0.5) is 0 Å². The zero-order chi connectivity index (χ0) is 48.5. The summed E-state index contributed by atoms with van der Waals surface area (Å²) >= 11 is 0. The second kappa shape index (κ2) is 16.4. The number of carbonyl (C=O) groups excluding carboxylic acids is 6. The van der Waals surface area contributed by atoms with Crippen LogP contribution in [0.3, 0.4) is 0 Å². The maximum Gasteiger partial charge on any atom is 0.332 e. The number of ether oxygens (including phenoxy) is 2. The Hall–Kier alpha value is -3.78. The molecule has 10 rings (SSSR count). The van der Waals surface area contributed by atoms with E-state index in [2.05, 4.69) is 38.3 Å². The van der Waals surface area contributed by atoms with Gasteiger partial charge in [-0.3, -0.25) is 19.2 Å². The normalized spacial score (nSPS) is 46.9. The molecule has 0 amide bonds. The first-order valence-corrected chi connectivity index (χ1v) is 26.3. The number of hydrogen-bond acceptors (Lipinski definition) is 14. The standard InChI is InChI=1S/C54H76N4O10/c1-47(2)39(57-67-31-19-25-55-29-31)17-23-51(7)37-15-21-49(5)35(9-11-41(49)59)33(37)27-43(61)53(47,51)65-45(63)13-14-46(64)66-54-44(62)28-34-36-10-12-42(60)50(36,6)22-16-38(34)52(54,8)24-18-40(48(54,3)4)58-68-32-20-26-56-30-32/h13-14,31-38,55-56H,9-12,15-30H2,1-8H3/b14-13+,57-39+,58-40+/t31-,32-,33+,34+,35+,36+,37-,38-,49+,50+,51-,52-,53?,54?/m1/s1. The number of hydrogen-bond donors (Lipinski definition) is 2. The van der Waals surface area contributed by atoms with Crippen LogP contribution >= 0.6 is 0 Å². The van der Waals surface area contributed by atoms with E-state index in [9.17, 15) is 19.2 Å². The van der Waals surface area contributed by atoms with Crippen molar-refractivity contribution in [1.82, 2.24) is 10.6 Å². The van der Waals surface area contributed by atoms with Gasteiger partial charge in [0.05, 0.1) is 22.3 Å². The lowest BCUT2D eigenvalue weighted by Crippen LogP contribution is -2.75. The molecule has 372 valence electrons. The van der Waals surface area contributed by atoms with Crippen molar-refractivity contribution in [3.8, 4) is 0 Å². The van der Waals surface area contributed by atoms with Crippen molar-refractivity contribution in [2.75, 3.05) is 26.2 Å². The van der Waals surface area contributed by atoms with Gasteiger partial charge in [-0.25, -0.2) is 9.59 Å². The smallest absolute Gasteiger partial charge is 0.332 e. The summed E-state index contributed by atoms with van der Waals surface area (Å²) in [4.78, 5) is 98.9. The van der Waals surface area contributed by atoms with Crippen LogP contribution in [0.5, 0.6) is 0 Å². The van der Waals surface area contributed by atoms with Crippen molar-refractivity contribution in [3.63, 3.8) is 0 Å². The highest BCUT2D eigenvalue weighted by molar-refractivity contribution is 6.06. The van der Waals surface area contributed by atoms with E-state index in [0.29, 0.717) is 63.0 Å². The molecule has 8 saturated carbocycles. The molecule has 8 aliphatic carbocycles. The second-order valence-corrected chi connectivity index (χ2v) is 25.0. The van der Waals surface area contributed by atoms with Gasteiger partial charge in [0.15, 0.2) is 22.8 Å². The lowest BCUT2D eigenvalue weighted by Gasteiger charge is -2.66. The van der Waals surface area contributed by atoms with Crippen LogP contribution in [0, 0.1) is 68.0 Å². The van der Waals surface area contributed by atoms with Crippen LogP contribution in [0.15, 0.2) is 22.5 Å². The first-order chi connectivity index (χ1) is 32.1. The van der Waals surface area contributed by atoms with Crippen LogP contribution in [0.2, 0.25) is 0 Å². The van der Waals surface area contributed by atoms with E-state index in [-0.39, 0.29) is 83.7 Å². The fourth-order valence-electron chi connectivity index (χ4n) is 17.9. The largest absolute Gasteiger partial charge is 0.446 e. The van der Waals surface area contributed by atoms with Gasteiger partial charge in [0.1, 0.15) is 23.8 Å². The molecule has 2 saturated heterocycles. The fraction of sp³-hybridized carbons (Fsp3) is 0.815. The summed E-state index contributed by atoms with van der Waals surface area (Å²) < 4.78 is 13.5. The highest BCUT2D eigenvalue weighted by Crippen LogP contribution is 2.71. The lowest BCUT2D eigenvalue weighted by molar-refractivity contribution is -0.232. The van der Waals surface area contributed by atoms with Gasteiger partial charge in [-0.2, -0.15) is 0 Å². The Bertz CT molecular complexity index is 2100. The van der Waals surface area contributed by atoms with Crippen molar-refractivity contribution >= 4 is 46.5 Å². The molecule has 0 aromatic carbocycles. The van der Waals surface area contributed by atoms with Gasteiger partial charge >= 0.3 is 11.9 Å². The maximum atomic E-state index is 15.4. The molecule has 0 bridgehead atoms. The average Bonchev–Trinajstić information content (AvgIpc) is 4.11. The van der Waals surface area contributed by atoms with Crippen LogP contribution in [-0.4, -0.2) is 96.1 Å². The molecule has 14 nitrogen and oxygen atoms in total. The molecule has 2 aliphatic heterocycles. The summed E-state index contributed by atoms with van der Waals surface area (Å²) in [5.74, 6) is -1.40. The van der Waals surface area contributed by atoms with E-state index in [1.165, 1.54) is 0 Å². The van der Waals surface area contributed by atoms with Crippen LogP contribution in [0.25, 0.3) is 0 Å². The summed E-state index contributed by atoms with van der Waals surface area (Å²) in [6, 6.07) is 0. The number of rotatable bonds is 8. The maximum absolute atomic E-state index is 15.4. The van der Waals surface area contributed by atoms with E-state index in [4.69, 9.17) is 29.5 Å². The molecule has 14 heteroatoms. The zero-order valence-corrected chi connectivity index (χ0v) is 41.9. The highest BCUT2D eigenvalue weighted by atomic mass is 16.6. The van der Waals surface area contributed by atoms with Crippen molar-refractivity contribution in [1.29, 1.82) is 0 Å². The van der Waals surface area contributed by atoms with Gasteiger partial charge in [0.25, 0.3) is 0 Å². The third-order valence-corrected chi connectivity index (χ3v) is 21.6. The number of fused-ring (bicyclic) bond motifs is 10. The minimum atomic E-state index is -1.66. The van der Waals surface area contributed by atoms with Crippen LogP contribution in [-0.2, 0) is 47.9 Å². The molecular formula is C54H76N4O10. The van der Waals surface area contributed by atoms with Gasteiger partial charge in [-0.1, -0.05) is 65.7 Å². The molecule has 10 aliphatic rings. The summed E-state index contributed by atoms with van der Waals surface area (Å²) in [5.41, 5.74) is -6.73. The molecule has 2 N–H and O–H groups in total. The molecule has 14 atom stereocenters. The molecule has 2 heterocycles. The Balaban J connectivity index is 0.975. The summed E-state index contributed by atoms with van der Waals surface area (Å²) in [7, 11) is 0.